The maximum Gasteiger partial charge on any atom is 0.244 e. The second-order valence-electron chi connectivity index (χ2n) is 5.14. The first-order chi connectivity index (χ1) is 9.05. The molecular formula is C14H21N3O2. The third-order valence-corrected chi connectivity index (χ3v) is 3.63. The van der Waals surface area contributed by atoms with E-state index in [0.29, 0.717) is 6.54 Å². The smallest absolute Gasteiger partial charge is 0.244 e. The Balaban J connectivity index is 2.18. The zero-order chi connectivity index (χ0) is 13.9. The molecule has 1 aromatic carbocycles. The lowest BCUT2D eigenvalue weighted by molar-refractivity contribution is -0.123. The summed E-state index contributed by atoms with van der Waals surface area (Å²) >= 11 is 0. The molecule has 2 rings (SSSR count). The highest BCUT2D eigenvalue weighted by Crippen LogP contribution is 2.26. The van der Waals surface area contributed by atoms with Crippen molar-refractivity contribution in [2.24, 2.45) is 5.73 Å². The van der Waals surface area contributed by atoms with Gasteiger partial charge in [-0.2, -0.15) is 0 Å². The zero-order valence-corrected chi connectivity index (χ0v) is 11.5. The summed E-state index contributed by atoms with van der Waals surface area (Å²) in [5.74, 6) is 0.495. The Labute approximate surface area is 113 Å². The zero-order valence-electron chi connectivity index (χ0n) is 11.5. The molecule has 1 heterocycles. The fourth-order valence-electron chi connectivity index (χ4n) is 2.59. The first-order valence-electron chi connectivity index (χ1n) is 6.46. The summed E-state index contributed by atoms with van der Waals surface area (Å²) < 4.78 is 5.12. The van der Waals surface area contributed by atoms with E-state index in [1.807, 2.05) is 31.3 Å². The van der Waals surface area contributed by atoms with Gasteiger partial charge in [0.1, 0.15) is 11.3 Å². The van der Waals surface area contributed by atoms with E-state index in [0.717, 1.165) is 30.8 Å². The van der Waals surface area contributed by atoms with Gasteiger partial charge in [-0.05, 0) is 50.7 Å². The van der Waals surface area contributed by atoms with Gasteiger partial charge in [0.25, 0.3) is 0 Å². The molecule has 1 saturated heterocycles. The fourth-order valence-corrected chi connectivity index (χ4v) is 2.59. The average molecular weight is 263 g/mol. The van der Waals surface area contributed by atoms with Gasteiger partial charge in [-0.3, -0.25) is 4.79 Å². The molecule has 1 fully saturated rings. The Morgan fingerprint density at radius 3 is 2.63 bits per heavy atom. The molecule has 0 spiro atoms. The molecular weight excluding hydrogens is 242 g/mol. The molecule has 0 aromatic heterocycles. The molecule has 1 atom stereocenters. The van der Waals surface area contributed by atoms with E-state index >= 15 is 0 Å². The predicted octanol–water partition coefficient (Wildman–Crippen LogP) is 1.06. The summed E-state index contributed by atoms with van der Waals surface area (Å²) in [7, 11) is 3.63. The third-order valence-electron chi connectivity index (χ3n) is 3.63. The average Bonchev–Trinajstić information content (AvgIpc) is 2.39. The highest BCUT2D eigenvalue weighted by Gasteiger charge is 2.39. The van der Waals surface area contributed by atoms with E-state index < -0.39 is 5.54 Å². The number of nitrogens with zero attached hydrogens (tertiary/aromatic N) is 1. The van der Waals surface area contributed by atoms with Crippen molar-refractivity contribution in [3.63, 3.8) is 0 Å². The summed E-state index contributed by atoms with van der Waals surface area (Å²) in [6, 6.07) is 7.53. The molecule has 3 N–H and O–H groups in total. The van der Waals surface area contributed by atoms with Gasteiger partial charge in [-0.1, -0.05) is 0 Å². The number of anilines is 1. The number of carbonyl (C=O) groups excluding carboxylic acids is 1. The maximum absolute atomic E-state index is 11.9. The van der Waals surface area contributed by atoms with Crippen LogP contribution in [0.4, 0.5) is 5.69 Å². The van der Waals surface area contributed by atoms with Crippen molar-refractivity contribution >= 4 is 11.6 Å². The Morgan fingerprint density at radius 2 is 2.11 bits per heavy atom. The number of hydrogen-bond acceptors (Lipinski definition) is 4. The van der Waals surface area contributed by atoms with Crippen molar-refractivity contribution in [2.75, 3.05) is 32.6 Å². The van der Waals surface area contributed by atoms with Gasteiger partial charge in [-0.25, -0.2) is 0 Å². The number of likely N-dealkylation sites (N-methyl/N-ethyl adjacent to an activating group) is 1. The lowest BCUT2D eigenvalue weighted by Gasteiger charge is -2.40. The molecule has 104 valence electrons. The van der Waals surface area contributed by atoms with Crippen LogP contribution in [0.3, 0.4) is 0 Å². The number of piperidine rings is 1. The van der Waals surface area contributed by atoms with Crippen LogP contribution in [-0.4, -0.2) is 43.6 Å². The van der Waals surface area contributed by atoms with Crippen LogP contribution < -0.4 is 15.8 Å². The largest absolute Gasteiger partial charge is 0.497 e. The standard InChI is InChI=1S/C14H21N3O2/c1-17-9-3-8-14(10-17,13(15)18)16-11-4-6-12(19-2)7-5-11/h4-7,16H,3,8-10H2,1-2H3,(H2,15,18). The van der Waals surface area contributed by atoms with Crippen molar-refractivity contribution in [3.05, 3.63) is 24.3 Å². The topological polar surface area (TPSA) is 67.6 Å². The van der Waals surface area contributed by atoms with Crippen molar-refractivity contribution in [1.29, 1.82) is 0 Å². The monoisotopic (exact) mass is 263 g/mol. The number of hydrogen-bond donors (Lipinski definition) is 2. The van der Waals surface area contributed by atoms with Crippen LogP contribution in [0.2, 0.25) is 0 Å². The Morgan fingerprint density at radius 1 is 1.42 bits per heavy atom. The molecule has 1 aliphatic heterocycles. The van der Waals surface area contributed by atoms with Crippen LogP contribution in [0, 0.1) is 0 Å². The minimum Gasteiger partial charge on any atom is -0.497 e. The van der Waals surface area contributed by atoms with Crippen LogP contribution in [0.5, 0.6) is 5.75 Å². The fraction of sp³-hybridized carbons (Fsp3) is 0.500. The van der Waals surface area contributed by atoms with Gasteiger partial charge in [0.15, 0.2) is 0 Å². The molecule has 1 aliphatic rings. The maximum atomic E-state index is 11.9. The van der Waals surface area contributed by atoms with E-state index in [2.05, 4.69) is 10.2 Å². The summed E-state index contributed by atoms with van der Waals surface area (Å²) in [4.78, 5) is 14.0. The number of amides is 1. The number of ether oxygens (including phenoxy) is 1. The van der Waals surface area contributed by atoms with Crippen LogP contribution in [0.15, 0.2) is 24.3 Å². The van der Waals surface area contributed by atoms with Crippen molar-refractivity contribution < 1.29 is 9.53 Å². The van der Waals surface area contributed by atoms with Crippen molar-refractivity contribution in [3.8, 4) is 5.75 Å². The van der Waals surface area contributed by atoms with Gasteiger partial charge in [-0.15, -0.1) is 0 Å². The molecule has 0 bridgehead atoms. The minimum atomic E-state index is -0.679. The molecule has 0 aliphatic carbocycles. The molecule has 19 heavy (non-hydrogen) atoms. The van der Waals surface area contributed by atoms with E-state index in [1.54, 1.807) is 7.11 Å². The van der Waals surface area contributed by atoms with Crippen LogP contribution >= 0.6 is 0 Å². The number of benzene rings is 1. The van der Waals surface area contributed by atoms with Gasteiger partial charge < -0.3 is 20.7 Å². The Bertz CT molecular complexity index is 447. The van der Waals surface area contributed by atoms with Gasteiger partial charge in [0, 0.05) is 12.2 Å². The SMILES string of the molecule is COc1ccc(NC2(C(N)=O)CCCN(C)C2)cc1. The second-order valence-corrected chi connectivity index (χ2v) is 5.14. The lowest BCUT2D eigenvalue weighted by Crippen LogP contribution is -2.59. The summed E-state index contributed by atoms with van der Waals surface area (Å²) in [6.45, 7) is 1.63. The van der Waals surface area contributed by atoms with Crippen LogP contribution in [-0.2, 0) is 4.79 Å². The Kier molecular flexibility index (Phi) is 3.95. The van der Waals surface area contributed by atoms with E-state index in [9.17, 15) is 4.79 Å². The number of likely N-dealkylation sites (tertiary alicyclic amines) is 1. The normalized spacial score (nSPS) is 23.9. The summed E-state index contributed by atoms with van der Waals surface area (Å²) in [5, 5.41) is 3.30. The molecule has 1 amide bonds. The number of rotatable bonds is 4. The molecule has 5 heteroatoms. The van der Waals surface area contributed by atoms with Crippen LogP contribution in [0.25, 0.3) is 0 Å². The van der Waals surface area contributed by atoms with Crippen molar-refractivity contribution in [1.82, 2.24) is 4.90 Å². The van der Waals surface area contributed by atoms with Crippen LogP contribution in [0.1, 0.15) is 12.8 Å². The highest BCUT2D eigenvalue weighted by atomic mass is 16.5. The second kappa shape index (κ2) is 5.48. The quantitative estimate of drug-likeness (QED) is 0.852. The number of methoxy groups -OCH3 is 1. The Hall–Kier alpha value is -1.75. The van der Waals surface area contributed by atoms with E-state index in [4.69, 9.17) is 10.5 Å². The molecule has 0 saturated carbocycles. The highest BCUT2D eigenvalue weighted by molar-refractivity contribution is 5.88. The molecule has 5 nitrogen and oxygen atoms in total. The first kappa shape index (κ1) is 13.7. The first-order valence-corrected chi connectivity index (χ1v) is 6.46. The summed E-state index contributed by atoms with van der Waals surface area (Å²) in [5.41, 5.74) is 5.82. The number of carbonyl (C=O) groups is 1. The predicted molar refractivity (Wildman–Crippen MR) is 75.3 cm³/mol. The third kappa shape index (κ3) is 2.98. The van der Waals surface area contributed by atoms with Gasteiger partial charge >= 0.3 is 0 Å². The number of primary amides is 1. The number of nitrogens with one attached hydrogen (secondary N) is 1. The lowest BCUT2D eigenvalue weighted by atomic mass is 9.88. The van der Waals surface area contributed by atoms with E-state index in [1.165, 1.54) is 0 Å². The molecule has 0 radical (unpaired) electrons. The molecule has 1 aromatic rings. The summed E-state index contributed by atoms with van der Waals surface area (Å²) in [6.07, 6.45) is 1.72. The number of nitrogens with two attached hydrogens (primary N) is 1. The van der Waals surface area contributed by atoms with Gasteiger partial charge in [0.2, 0.25) is 5.91 Å². The van der Waals surface area contributed by atoms with E-state index in [-0.39, 0.29) is 5.91 Å². The minimum absolute atomic E-state index is 0.296. The molecule has 1 unspecified atom stereocenters. The van der Waals surface area contributed by atoms with Gasteiger partial charge in [0.05, 0.1) is 7.11 Å². The van der Waals surface area contributed by atoms with Crippen molar-refractivity contribution in [2.45, 2.75) is 18.4 Å².